The molecule has 0 bridgehead atoms. The molecule has 4 aromatic rings. The Balaban J connectivity index is 1.98. The Morgan fingerprint density at radius 1 is 0.935 bits per heavy atom. The largest absolute Gasteiger partial charge is 0.418 e. The summed E-state index contributed by atoms with van der Waals surface area (Å²) in [5, 5.41) is 4.17. The van der Waals surface area contributed by atoms with Crippen molar-refractivity contribution in [3.05, 3.63) is 88.7 Å². The van der Waals surface area contributed by atoms with Gasteiger partial charge in [0, 0.05) is 34.2 Å². The predicted octanol–water partition coefficient (Wildman–Crippen LogP) is 6.17. The van der Waals surface area contributed by atoms with Crippen LogP contribution in [0.1, 0.15) is 16.7 Å². The second-order valence-corrected chi connectivity index (χ2v) is 6.78. The Hall–Kier alpha value is -3.73. The highest BCUT2D eigenvalue weighted by Gasteiger charge is 2.34. The van der Waals surface area contributed by atoms with Gasteiger partial charge in [-0.05, 0) is 18.2 Å². The van der Waals surface area contributed by atoms with E-state index in [0.29, 0.717) is 23.3 Å². The molecule has 0 aliphatic rings. The molecule has 0 spiro atoms. The van der Waals surface area contributed by atoms with Crippen molar-refractivity contribution < 1.29 is 26.3 Å². The molecule has 0 aliphatic carbocycles. The summed E-state index contributed by atoms with van der Waals surface area (Å²) in [6.07, 6.45) is 0.663. The van der Waals surface area contributed by atoms with Crippen LogP contribution in [-0.2, 0) is 12.7 Å². The summed E-state index contributed by atoms with van der Waals surface area (Å²) in [5.74, 6) is -0.999. The van der Waals surface area contributed by atoms with Gasteiger partial charge in [-0.1, -0.05) is 30.2 Å². The van der Waals surface area contributed by atoms with E-state index in [1.165, 1.54) is 12.1 Å². The first kappa shape index (κ1) is 20.5. The fourth-order valence-electron chi connectivity index (χ4n) is 3.40. The molecule has 0 radical (unpaired) electrons. The number of terminal acetylenes is 1. The number of alkyl halides is 3. The van der Waals surface area contributed by atoms with Crippen molar-refractivity contribution in [1.29, 1.82) is 0 Å². The first-order valence-corrected chi connectivity index (χ1v) is 8.96. The first-order chi connectivity index (χ1) is 14.7. The van der Waals surface area contributed by atoms with E-state index in [2.05, 4.69) is 11.0 Å². The normalized spacial score (nSPS) is 11.6. The monoisotopic (exact) mass is 430 g/mol. The number of halogens is 6. The lowest BCUT2D eigenvalue weighted by atomic mass is 10.0. The number of aromatic nitrogens is 2. The molecule has 0 atom stereocenters. The van der Waals surface area contributed by atoms with Crippen LogP contribution >= 0.6 is 0 Å². The molecule has 0 fully saturated rings. The SMILES string of the molecule is C#Cc1ccc(-c2c3cccc(C(F)(F)F)c3nn2Cc2c(F)cc(F)cc2F)cc1. The number of hydrogen-bond donors (Lipinski definition) is 0. The van der Waals surface area contributed by atoms with Crippen molar-refractivity contribution in [2.75, 3.05) is 0 Å². The van der Waals surface area contributed by atoms with E-state index in [9.17, 15) is 26.3 Å². The van der Waals surface area contributed by atoms with E-state index in [1.54, 1.807) is 24.3 Å². The average Bonchev–Trinajstić information content (AvgIpc) is 3.08. The van der Waals surface area contributed by atoms with Gasteiger partial charge in [0.1, 0.15) is 23.0 Å². The van der Waals surface area contributed by atoms with E-state index in [4.69, 9.17) is 6.42 Å². The lowest BCUT2D eigenvalue weighted by Crippen LogP contribution is -2.09. The Bertz CT molecular complexity index is 1300. The van der Waals surface area contributed by atoms with Gasteiger partial charge in [-0.15, -0.1) is 6.42 Å². The average molecular weight is 430 g/mol. The van der Waals surface area contributed by atoms with Crippen LogP contribution in [0.4, 0.5) is 26.3 Å². The zero-order valence-electron chi connectivity index (χ0n) is 15.6. The minimum atomic E-state index is -4.68. The molecule has 4 rings (SSSR count). The van der Waals surface area contributed by atoms with Gasteiger partial charge in [-0.2, -0.15) is 18.3 Å². The summed E-state index contributed by atoms with van der Waals surface area (Å²) in [7, 11) is 0. The summed E-state index contributed by atoms with van der Waals surface area (Å²) in [6.45, 7) is -0.545. The van der Waals surface area contributed by atoms with E-state index in [1.807, 2.05) is 0 Å². The maximum atomic E-state index is 14.2. The third-order valence-electron chi connectivity index (χ3n) is 4.81. The molecule has 0 saturated carbocycles. The van der Waals surface area contributed by atoms with Crippen LogP contribution in [0.5, 0.6) is 0 Å². The summed E-state index contributed by atoms with van der Waals surface area (Å²) >= 11 is 0. The van der Waals surface area contributed by atoms with Crippen molar-refractivity contribution >= 4 is 10.9 Å². The molecule has 0 N–H and O–H groups in total. The number of fused-ring (bicyclic) bond motifs is 1. The molecule has 8 heteroatoms. The lowest BCUT2D eigenvalue weighted by Gasteiger charge is -2.10. The minimum Gasteiger partial charge on any atom is -0.259 e. The molecule has 1 heterocycles. The van der Waals surface area contributed by atoms with Crippen LogP contribution in [-0.4, -0.2) is 9.78 Å². The summed E-state index contributed by atoms with van der Waals surface area (Å²) < 4.78 is 83.4. The molecule has 31 heavy (non-hydrogen) atoms. The second kappa shape index (κ2) is 7.51. The van der Waals surface area contributed by atoms with E-state index >= 15 is 0 Å². The van der Waals surface area contributed by atoms with Gasteiger partial charge in [0.15, 0.2) is 0 Å². The Labute approximate surface area is 172 Å². The molecule has 0 amide bonds. The van der Waals surface area contributed by atoms with Crippen molar-refractivity contribution in [2.45, 2.75) is 12.7 Å². The fraction of sp³-hybridized carbons (Fsp3) is 0.0870. The zero-order valence-corrected chi connectivity index (χ0v) is 15.6. The Kier molecular flexibility index (Phi) is 4.97. The van der Waals surface area contributed by atoms with Gasteiger partial charge in [0.2, 0.25) is 0 Å². The van der Waals surface area contributed by atoms with Gasteiger partial charge in [0.05, 0.1) is 17.8 Å². The number of hydrogen-bond acceptors (Lipinski definition) is 1. The molecule has 156 valence electrons. The summed E-state index contributed by atoms with van der Waals surface area (Å²) in [6, 6.07) is 10.9. The maximum Gasteiger partial charge on any atom is 0.418 e. The highest BCUT2D eigenvalue weighted by atomic mass is 19.4. The third kappa shape index (κ3) is 3.75. The smallest absolute Gasteiger partial charge is 0.259 e. The van der Waals surface area contributed by atoms with Crippen LogP contribution in [0.15, 0.2) is 54.6 Å². The number of nitrogens with zero attached hydrogens (tertiary/aromatic N) is 2. The van der Waals surface area contributed by atoms with Crippen LogP contribution in [0, 0.1) is 29.8 Å². The maximum absolute atomic E-state index is 14.2. The quantitative estimate of drug-likeness (QED) is 0.281. The minimum absolute atomic E-state index is 0.145. The standard InChI is InChI=1S/C23H12F6N2/c1-2-13-6-8-14(9-7-13)22-16-4-3-5-18(23(27,28)29)21(16)30-31(22)12-17-19(25)10-15(24)11-20(17)26/h1,3-11H,12H2. The van der Waals surface area contributed by atoms with Gasteiger partial charge in [-0.25, -0.2) is 13.2 Å². The molecule has 0 saturated heterocycles. The van der Waals surface area contributed by atoms with Crippen LogP contribution in [0.2, 0.25) is 0 Å². The highest BCUT2D eigenvalue weighted by Crippen LogP contribution is 2.38. The molecule has 0 unspecified atom stereocenters. The van der Waals surface area contributed by atoms with Crippen molar-refractivity contribution in [2.24, 2.45) is 0 Å². The second-order valence-electron chi connectivity index (χ2n) is 6.78. The first-order valence-electron chi connectivity index (χ1n) is 8.96. The molecular formula is C23H12F6N2. The predicted molar refractivity (Wildman–Crippen MR) is 104 cm³/mol. The van der Waals surface area contributed by atoms with Crippen molar-refractivity contribution in [3.8, 4) is 23.6 Å². The number of benzene rings is 3. The molecule has 1 aromatic heterocycles. The van der Waals surface area contributed by atoms with Gasteiger partial charge in [0.25, 0.3) is 0 Å². The fourth-order valence-corrected chi connectivity index (χ4v) is 3.40. The summed E-state index contributed by atoms with van der Waals surface area (Å²) in [4.78, 5) is 0. The lowest BCUT2D eigenvalue weighted by molar-refractivity contribution is -0.136. The van der Waals surface area contributed by atoms with Gasteiger partial charge in [-0.3, -0.25) is 4.68 Å². The molecule has 3 aromatic carbocycles. The topological polar surface area (TPSA) is 17.8 Å². The molecule has 0 aliphatic heterocycles. The molecular weight excluding hydrogens is 418 g/mol. The van der Waals surface area contributed by atoms with Gasteiger partial charge >= 0.3 is 6.18 Å². The van der Waals surface area contributed by atoms with E-state index in [0.717, 1.165) is 10.7 Å². The van der Waals surface area contributed by atoms with Crippen molar-refractivity contribution in [3.63, 3.8) is 0 Å². The number of rotatable bonds is 3. The summed E-state index contributed by atoms with van der Waals surface area (Å²) in [5.41, 5.74) is -0.661. The van der Waals surface area contributed by atoms with E-state index < -0.39 is 41.3 Å². The van der Waals surface area contributed by atoms with E-state index in [-0.39, 0.29) is 16.6 Å². The Morgan fingerprint density at radius 2 is 1.58 bits per heavy atom. The third-order valence-corrected chi connectivity index (χ3v) is 4.81. The van der Waals surface area contributed by atoms with Gasteiger partial charge < -0.3 is 0 Å². The van der Waals surface area contributed by atoms with Crippen molar-refractivity contribution in [1.82, 2.24) is 9.78 Å². The molecule has 2 nitrogen and oxygen atoms in total. The van der Waals surface area contributed by atoms with Crippen LogP contribution in [0.3, 0.4) is 0 Å². The van der Waals surface area contributed by atoms with Crippen LogP contribution in [0.25, 0.3) is 22.2 Å². The Morgan fingerprint density at radius 3 is 2.16 bits per heavy atom. The zero-order chi connectivity index (χ0) is 22.3. The van der Waals surface area contributed by atoms with Crippen LogP contribution < -0.4 is 0 Å². The highest BCUT2D eigenvalue weighted by molar-refractivity contribution is 5.95.